The second-order valence-electron chi connectivity index (χ2n) is 5.04. The number of fused-ring (bicyclic) bond motifs is 1. The summed E-state index contributed by atoms with van der Waals surface area (Å²) in [4.78, 5) is 7.50. The van der Waals surface area contributed by atoms with Crippen LogP contribution in [0.3, 0.4) is 0 Å². The zero-order valence-corrected chi connectivity index (χ0v) is 14.1. The predicted molar refractivity (Wildman–Crippen MR) is 96.4 cm³/mol. The number of rotatable bonds is 6. The minimum Gasteiger partial charge on any atom is -0.373 e. The maximum atomic E-state index is 14.4. The van der Waals surface area contributed by atoms with Gasteiger partial charge in [0, 0.05) is 24.4 Å². The maximum Gasteiger partial charge on any atom is 0.148 e. The number of halogens is 1. The predicted octanol–water partition coefficient (Wildman–Crippen LogP) is 4.10. The minimum absolute atomic E-state index is 0.204. The fourth-order valence-corrected chi connectivity index (χ4v) is 2.84. The summed E-state index contributed by atoms with van der Waals surface area (Å²) in [5.74, 6) is 0.913. The molecule has 4 N–H and O–H groups in total. The normalized spacial score (nSPS) is 11.2. The zero-order chi connectivity index (χ0) is 17.1. The third-order valence-electron chi connectivity index (χ3n) is 3.53. The Hall–Kier alpha value is -2.29. The number of hydrogen-bond acceptors (Lipinski definition) is 6. The Morgan fingerprint density at radius 3 is 2.88 bits per heavy atom. The highest BCUT2D eigenvalue weighted by atomic mass is 32.2. The minimum atomic E-state index is -0.449. The quantitative estimate of drug-likeness (QED) is 0.397. The molecule has 0 atom stereocenters. The Balaban J connectivity index is 1.98. The molecular weight excluding hydrogens is 329 g/mol. The van der Waals surface area contributed by atoms with Crippen molar-refractivity contribution in [1.29, 1.82) is 0 Å². The molecule has 0 saturated heterocycles. The highest BCUT2D eigenvalue weighted by Crippen LogP contribution is 2.32. The molecule has 1 aromatic carbocycles. The van der Waals surface area contributed by atoms with E-state index in [0.29, 0.717) is 11.6 Å². The number of pyridine rings is 1. The molecule has 0 saturated carbocycles. The van der Waals surface area contributed by atoms with E-state index < -0.39 is 5.82 Å². The smallest absolute Gasteiger partial charge is 0.148 e. The van der Waals surface area contributed by atoms with Crippen molar-refractivity contribution < 1.29 is 9.60 Å². The zero-order valence-electron chi connectivity index (χ0n) is 13.3. The molecule has 0 unspecified atom stereocenters. The van der Waals surface area contributed by atoms with Crippen molar-refractivity contribution in [3.8, 4) is 11.1 Å². The van der Waals surface area contributed by atoms with Crippen LogP contribution in [-0.2, 0) is 0 Å². The average Bonchev–Trinajstić information content (AvgIpc) is 3.04. The number of benzene rings is 1. The van der Waals surface area contributed by atoms with Crippen LogP contribution in [0.1, 0.15) is 6.92 Å². The summed E-state index contributed by atoms with van der Waals surface area (Å²) in [6, 6.07) is 8.63. The summed E-state index contributed by atoms with van der Waals surface area (Å²) in [5.41, 5.74) is 5.14. The second kappa shape index (κ2) is 7.08. The van der Waals surface area contributed by atoms with E-state index in [1.165, 1.54) is 6.07 Å². The van der Waals surface area contributed by atoms with Gasteiger partial charge in [-0.05, 0) is 51.9 Å². The van der Waals surface area contributed by atoms with Crippen molar-refractivity contribution in [2.45, 2.75) is 6.92 Å². The van der Waals surface area contributed by atoms with Gasteiger partial charge in [0.25, 0.3) is 0 Å². The van der Waals surface area contributed by atoms with Gasteiger partial charge in [-0.25, -0.2) is 9.37 Å². The lowest BCUT2D eigenvalue weighted by molar-refractivity contribution is 0.0435. The third-order valence-corrected chi connectivity index (χ3v) is 4.13. The first-order valence-corrected chi connectivity index (χ1v) is 8.41. The molecule has 0 spiro atoms. The topological polar surface area (TPSA) is 76.2 Å². The first-order valence-electron chi connectivity index (χ1n) is 7.46. The van der Waals surface area contributed by atoms with Gasteiger partial charge >= 0.3 is 0 Å². The van der Waals surface area contributed by atoms with Crippen molar-refractivity contribution in [2.75, 3.05) is 23.5 Å². The Kier molecular flexibility index (Phi) is 4.89. The third kappa shape index (κ3) is 3.30. The summed E-state index contributed by atoms with van der Waals surface area (Å²) in [5, 5.41) is 13.5. The largest absolute Gasteiger partial charge is 0.373 e. The van der Waals surface area contributed by atoms with Gasteiger partial charge in [0.05, 0.1) is 5.69 Å². The number of hydrogen-bond donors (Lipinski definition) is 4. The lowest BCUT2D eigenvalue weighted by Crippen LogP contribution is -2.19. The summed E-state index contributed by atoms with van der Waals surface area (Å²) in [6.07, 6.45) is 1.80. The number of nitrogens with one attached hydrogen (secondary N) is 3. The molecule has 3 rings (SSSR count). The lowest BCUT2D eigenvalue weighted by atomic mass is 10.0. The fraction of sp³-hybridized carbons (Fsp3) is 0.188. The van der Waals surface area contributed by atoms with Gasteiger partial charge in [0.15, 0.2) is 0 Å². The summed E-state index contributed by atoms with van der Waals surface area (Å²) in [6.45, 7) is 1.89. The van der Waals surface area contributed by atoms with Gasteiger partial charge in [0.2, 0.25) is 0 Å². The summed E-state index contributed by atoms with van der Waals surface area (Å²) < 4.78 is 15.2. The van der Waals surface area contributed by atoms with Crippen molar-refractivity contribution >= 4 is 34.5 Å². The molecule has 126 valence electrons. The molecule has 8 heteroatoms. The van der Waals surface area contributed by atoms with Gasteiger partial charge in [0.1, 0.15) is 17.3 Å². The second-order valence-corrected chi connectivity index (χ2v) is 6.22. The molecule has 6 nitrogen and oxygen atoms in total. The molecule has 0 aliphatic carbocycles. The van der Waals surface area contributed by atoms with E-state index in [2.05, 4.69) is 20.7 Å². The Labute approximate surface area is 143 Å². The monoisotopic (exact) mass is 347 g/mol. The van der Waals surface area contributed by atoms with Gasteiger partial charge in [-0.1, -0.05) is 13.0 Å². The Bertz CT molecular complexity index is 854. The summed E-state index contributed by atoms with van der Waals surface area (Å²) in [7, 11) is 1.79. The fourth-order valence-electron chi connectivity index (χ4n) is 2.44. The van der Waals surface area contributed by atoms with Crippen molar-refractivity contribution in [3.63, 3.8) is 0 Å². The van der Waals surface area contributed by atoms with Crippen LogP contribution in [0.15, 0.2) is 36.5 Å². The van der Waals surface area contributed by atoms with Crippen LogP contribution < -0.4 is 10.7 Å². The number of H-pyrrole nitrogens is 1. The molecule has 0 fully saturated rings. The Morgan fingerprint density at radius 1 is 1.33 bits per heavy atom. The lowest BCUT2D eigenvalue weighted by Gasteiger charge is -2.16. The Morgan fingerprint density at radius 2 is 2.17 bits per heavy atom. The van der Waals surface area contributed by atoms with Crippen LogP contribution in [0.4, 0.5) is 15.9 Å². The van der Waals surface area contributed by atoms with Gasteiger partial charge in [-0.3, -0.25) is 10.6 Å². The number of aromatic nitrogens is 2. The van der Waals surface area contributed by atoms with E-state index in [1.54, 1.807) is 25.4 Å². The van der Waals surface area contributed by atoms with Crippen LogP contribution >= 0.6 is 11.9 Å². The molecule has 0 amide bonds. The molecular formula is C16H18FN5OS. The first-order chi connectivity index (χ1) is 11.6. The number of hydrazine groups is 1. The molecule has 2 aromatic heterocycles. The van der Waals surface area contributed by atoms with E-state index in [0.717, 1.165) is 38.7 Å². The van der Waals surface area contributed by atoms with Crippen LogP contribution in [0.25, 0.3) is 22.2 Å². The standard InChI is InChI=1S/C16H18FN5OS/c1-3-24-22(23)21-14-5-4-10(8-13(14)17)12-9-15(18-2)20-16-11(12)6-7-19-16/h4-9,21,23H,3H2,1-2H3,(H2,18,19,20). The van der Waals surface area contributed by atoms with E-state index in [-0.39, 0.29) is 5.69 Å². The molecule has 24 heavy (non-hydrogen) atoms. The van der Waals surface area contributed by atoms with Gasteiger partial charge < -0.3 is 10.3 Å². The molecule has 2 heterocycles. The molecule has 0 aliphatic rings. The number of anilines is 2. The van der Waals surface area contributed by atoms with Crippen molar-refractivity contribution in [3.05, 3.63) is 42.3 Å². The van der Waals surface area contributed by atoms with Crippen LogP contribution in [0.2, 0.25) is 0 Å². The van der Waals surface area contributed by atoms with E-state index in [9.17, 15) is 9.60 Å². The van der Waals surface area contributed by atoms with Crippen LogP contribution in [-0.4, -0.2) is 32.6 Å². The number of nitrogens with zero attached hydrogens (tertiary/aromatic N) is 2. The average molecular weight is 347 g/mol. The first kappa shape index (κ1) is 16.6. The van der Waals surface area contributed by atoms with Crippen molar-refractivity contribution in [1.82, 2.24) is 14.5 Å². The highest BCUT2D eigenvalue weighted by Gasteiger charge is 2.12. The van der Waals surface area contributed by atoms with Crippen molar-refractivity contribution in [2.24, 2.45) is 0 Å². The summed E-state index contributed by atoms with van der Waals surface area (Å²) >= 11 is 1.13. The molecule has 3 aromatic rings. The SMILES string of the molecule is CCSN(O)Nc1ccc(-c2cc(NC)nc3[nH]ccc23)cc1F. The van der Waals surface area contributed by atoms with Crippen LogP contribution in [0.5, 0.6) is 0 Å². The van der Waals surface area contributed by atoms with E-state index in [4.69, 9.17) is 0 Å². The molecule has 0 bridgehead atoms. The van der Waals surface area contributed by atoms with E-state index >= 15 is 0 Å². The van der Waals surface area contributed by atoms with Crippen LogP contribution in [0, 0.1) is 5.82 Å². The highest BCUT2D eigenvalue weighted by molar-refractivity contribution is 7.96. The van der Waals surface area contributed by atoms with Gasteiger partial charge in [-0.2, -0.15) is 0 Å². The van der Waals surface area contributed by atoms with E-state index in [1.807, 2.05) is 19.1 Å². The molecule has 0 radical (unpaired) electrons. The maximum absolute atomic E-state index is 14.4. The van der Waals surface area contributed by atoms with Gasteiger partial charge in [-0.15, -0.1) is 0 Å². The number of aromatic amines is 1. The molecule has 0 aliphatic heterocycles.